The van der Waals surface area contributed by atoms with Crippen LogP contribution in [0.15, 0.2) is 30.3 Å². The predicted molar refractivity (Wildman–Crippen MR) is 81.7 cm³/mol. The summed E-state index contributed by atoms with van der Waals surface area (Å²) in [6.07, 6.45) is 0. The van der Waals surface area contributed by atoms with Crippen molar-refractivity contribution >= 4 is 34.7 Å². The molecule has 3 rings (SSSR count). The van der Waals surface area contributed by atoms with Crippen molar-refractivity contribution in [2.45, 2.75) is 0 Å². The van der Waals surface area contributed by atoms with Gasteiger partial charge in [0.05, 0.1) is 15.7 Å². The number of halogens is 2. The predicted octanol–water partition coefficient (Wildman–Crippen LogP) is 3.58. The van der Waals surface area contributed by atoms with Crippen LogP contribution in [-0.2, 0) is 0 Å². The molecule has 0 aliphatic carbocycles. The minimum Gasteiger partial charge on any atom is -0.486 e. The number of benzene rings is 2. The molecule has 0 fully saturated rings. The average molecular weight is 324 g/mol. The molecule has 1 aliphatic rings. The summed E-state index contributed by atoms with van der Waals surface area (Å²) in [5.41, 5.74) is 6.67. The van der Waals surface area contributed by atoms with Gasteiger partial charge in [0, 0.05) is 17.2 Å². The molecule has 1 heterocycles. The molecule has 2 N–H and O–H groups in total. The first-order valence-electron chi connectivity index (χ1n) is 6.26. The Kier molecular flexibility index (Phi) is 3.66. The van der Waals surface area contributed by atoms with Crippen molar-refractivity contribution in [3.63, 3.8) is 0 Å². The number of ether oxygens (including phenoxy) is 2. The van der Waals surface area contributed by atoms with Gasteiger partial charge in [-0.2, -0.15) is 0 Å². The summed E-state index contributed by atoms with van der Waals surface area (Å²) >= 11 is 12.3. The normalized spacial score (nSPS) is 13.0. The van der Waals surface area contributed by atoms with Crippen molar-refractivity contribution in [2.75, 3.05) is 18.9 Å². The molecule has 0 atom stereocenters. The molecule has 0 bridgehead atoms. The zero-order valence-corrected chi connectivity index (χ0v) is 12.4. The van der Waals surface area contributed by atoms with Crippen LogP contribution in [0, 0.1) is 0 Å². The number of hydrogen-bond donors (Lipinski definition) is 1. The van der Waals surface area contributed by atoms with Gasteiger partial charge in [-0.3, -0.25) is 4.79 Å². The van der Waals surface area contributed by atoms with Crippen LogP contribution in [0.2, 0.25) is 10.0 Å². The minimum atomic E-state index is -0.311. The van der Waals surface area contributed by atoms with Crippen LogP contribution in [0.1, 0.15) is 15.9 Å². The van der Waals surface area contributed by atoms with Crippen LogP contribution < -0.4 is 15.2 Å². The molecular formula is C15H11Cl2NO3. The standard InChI is InChI=1S/C15H11Cl2NO3/c16-10-7-13-12(20-4-5-21-13)6-9(10)15(19)8-2-1-3-11(18)14(8)17/h1-3,6-7H,4-5,18H2. The van der Waals surface area contributed by atoms with Gasteiger partial charge >= 0.3 is 0 Å². The smallest absolute Gasteiger partial charge is 0.196 e. The summed E-state index contributed by atoms with van der Waals surface area (Å²) in [7, 11) is 0. The van der Waals surface area contributed by atoms with Crippen molar-refractivity contribution in [1.29, 1.82) is 0 Å². The summed E-state index contributed by atoms with van der Waals surface area (Å²) in [6.45, 7) is 0.888. The van der Waals surface area contributed by atoms with Gasteiger partial charge in [0.25, 0.3) is 0 Å². The lowest BCUT2D eigenvalue weighted by Crippen LogP contribution is -2.16. The van der Waals surface area contributed by atoms with Gasteiger partial charge in [0.1, 0.15) is 13.2 Å². The molecule has 1 aliphatic heterocycles. The number of hydrogen-bond acceptors (Lipinski definition) is 4. The number of ketones is 1. The number of carbonyl (C=O) groups excluding carboxylic acids is 1. The number of nitrogen functional groups attached to an aromatic ring is 1. The first-order valence-corrected chi connectivity index (χ1v) is 7.01. The van der Waals surface area contributed by atoms with E-state index in [-0.39, 0.29) is 15.8 Å². The van der Waals surface area contributed by atoms with Crippen LogP contribution in [0.4, 0.5) is 5.69 Å². The summed E-state index contributed by atoms with van der Waals surface area (Å²) in [6, 6.07) is 8.04. The second kappa shape index (κ2) is 5.47. The molecule has 0 saturated heterocycles. The summed E-state index contributed by atoms with van der Waals surface area (Å²) in [5.74, 6) is 0.713. The second-order valence-corrected chi connectivity index (χ2v) is 5.30. The Morgan fingerprint density at radius 1 is 1.05 bits per heavy atom. The maximum atomic E-state index is 12.6. The molecular weight excluding hydrogens is 313 g/mol. The molecule has 0 radical (unpaired) electrons. The highest BCUT2D eigenvalue weighted by Gasteiger charge is 2.21. The van der Waals surface area contributed by atoms with Crippen LogP contribution in [-0.4, -0.2) is 19.0 Å². The first-order chi connectivity index (χ1) is 10.1. The van der Waals surface area contributed by atoms with E-state index in [4.69, 9.17) is 38.4 Å². The van der Waals surface area contributed by atoms with Crippen molar-refractivity contribution in [3.8, 4) is 11.5 Å². The molecule has 0 unspecified atom stereocenters. The fourth-order valence-electron chi connectivity index (χ4n) is 2.11. The zero-order chi connectivity index (χ0) is 15.0. The number of nitrogens with two attached hydrogens (primary N) is 1. The zero-order valence-electron chi connectivity index (χ0n) is 10.9. The van der Waals surface area contributed by atoms with E-state index >= 15 is 0 Å². The van der Waals surface area contributed by atoms with E-state index in [9.17, 15) is 4.79 Å². The van der Waals surface area contributed by atoms with Gasteiger partial charge in [0.2, 0.25) is 0 Å². The van der Waals surface area contributed by atoms with E-state index < -0.39 is 0 Å². The van der Waals surface area contributed by atoms with Gasteiger partial charge in [-0.05, 0) is 18.2 Å². The maximum absolute atomic E-state index is 12.6. The quantitative estimate of drug-likeness (QED) is 0.677. The van der Waals surface area contributed by atoms with Crippen LogP contribution >= 0.6 is 23.2 Å². The lowest BCUT2D eigenvalue weighted by molar-refractivity contribution is 0.103. The van der Waals surface area contributed by atoms with E-state index in [1.54, 1.807) is 30.3 Å². The number of anilines is 1. The van der Waals surface area contributed by atoms with E-state index in [0.29, 0.717) is 41.5 Å². The molecule has 2 aromatic rings. The van der Waals surface area contributed by atoms with E-state index in [1.165, 1.54) is 0 Å². The molecule has 0 aromatic heterocycles. The van der Waals surface area contributed by atoms with E-state index in [0.717, 1.165) is 0 Å². The van der Waals surface area contributed by atoms with Crippen molar-refractivity contribution in [2.24, 2.45) is 0 Å². The monoisotopic (exact) mass is 323 g/mol. The summed E-state index contributed by atoms with van der Waals surface area (Å²) < 4.78 is 10.9. The maximum Gasteiger partial charge on any atom is 0.196 e. The Bertz CT molecular complexity index is 731. The third-order valence-electron chi connectivity index (χ3n) is 3.15. The van der Waals surface area contributed by atoms with Gasteiger partial charge in [-0.15, -0.1) is 0 Å². The molecule has 21 heavy (non-hydrogen) atoms. The Balaban J connectivity index is 2.07. The van der Waals surface area contributed by atoms with E-state index in [1.807, 2.05) is 0 Å². The Hall–Kier alpha value is -1.91. The number of fused-ring (bicyclic) bond motifs is 1. The molecule has 0 spiro atoms. The Morgan fingerprint density at radius 2 is 1.71 bits per heavy atom. The highest BCUT2D eigenvalue weighted by atomic mass is 35.5. The Labute approximate surface area is 131 Å². The average Bonchev–Trinajstić information content (AvgIpc) is 2.48. The SMILES string of the molecule is Nc1cccc(C(=O)c2cc3c(cc2Cl)OCCO3)c1Cl. The minimum absolute atomic E-state index is 0.216. The summed E-state index contributed by atoms with van der Waals surface area (Å²) in [4.78, 5) is 12.6. The van der Waals surface area contributed by atoms with E-state index in [2.05, 4.69) is 0 Å². The lowest BCUT2D eigenvalue weighted by atomic mass is 10.0. The van der Waals surface area contributed by atoms with Crippen molar-refractivity contribution in [3.05, 3.63) is 51.5 Å². The first kappa shape index (κ1) is 14.0. The molecule has 2 aromatic carbocycles. The molecule has 4 nitrogen and oxygen atoms in total. The Morgan fingerprint density at radius 3 is 2.43 bits per heavy atom. The third kappa shape index (κ3) is 2.52. The molecule has 0 amide bonds. The molecule has 6 heteroatoms. The lowest BCUT2D eigenvalue weighted by Gasteiger charge is -2.19. The topological polar surface area (TPSA) is 61.6 Å². The van der Waals surface area contributed by atoms with Crippen LogP contribution in [0.5, 0.6) is 11.5 Å². The fraction of sp³-hybridized carbons (Fsp3) is 0.133. The highest BCUT2D eigenvalue weighted by molar-refractivity contribution is 6.39. The van der Waals surface area contributed by atoms with Crippen molar-refractivity contribution in [1.82, 2.24) is 0 Å². The number of carbonyl (C=O) groups is 1. The third-order valence-corrected chi connectivity index (χ3v) is 3.88. The highest BCUT2D eigenvalue weighted by Crippen LogP contribution is 2.37. The number of rotatable bonds is 2. The van der Waals surface area contributed by atoms with Gasteiger partial charge < -0.3 is 15.2 Å². The van der Waals surface area contributed by atoms with Crippen LogP contribution in [0.3, 0.4) is 0 Å². The second-order valence-electron chi connectivity index (χ2n) is 4.51. The fourth-order valence-corrected chi connectivity index (χ4v) is 2.56. The van der Waals surface area contributed by atoms with Crippen LogP contribution in [0.25, 0.3) is 0 Å². The van der Waals surface area contributed by atoms with Gasteiger partial charge in [-0.1, -0.05) is 29.3 Å². The van der Waals surface area contributed by atoms with Crippen molar-refractivity contribution < 1.29 is 14.3 Å². The molecule has 0 saturated carbocycles. The van der Waals surface area contributed by atoms with Gasteiger partial charge in [-0.25, -0.2) is 0 Å². The largest absolute Gasteiger partial charge is 0.486 e. The summed E-state index contributed by atoms with van der Waals surface area (Å²) in [5, 5.41) is 0.496. The van der Waals surface area contributed by atoms with Gasteiger partial charge in [0.15, 0.2) is 17.3 Å². The molecule has 108 valence electrons.